The number of carbonyl (C=O) groups is 1. The molecule has 1 N–H and O–H groups in total. The van der Waals surface area contributed by atoms with Crippen LogP contribution in [0.3, 0.4) is 0 Å². The fraction of sp³-hybridized carbons (Fsp3) is 0.500. The average Bonchev–Trinajstić information content (AvgIpc) is 2.92. The Bertz CT molecular complexity index is 413. The van der Waals surface area contributed by atoms with Crippen molar-refractivity contribution < 1.29 is 14.6 Å². The van der Waals surface area contributed by atoms with E-state index < -0.39 is 6.10 Å². The van der Waals surface area contributed by atoms with Crippen molar-refractivity contribution in [2.45, 2.75) is 32.5 Å². The second kappa shape index (κ2) is 5.87. The molecular formula is C14H19NO3. The predicted octanol–water partition coefficient (Wildman–Crippen LogP) is 1.57. The van der Waals surface area contributed by atoms with Crippen molar-refractivity contribution in [1.29, 1.82) is 0 Å². The Morgan fingerprint density at radius 3 is 2.72 bits per heavy atom. The normalized spacial score (nSPS) is 16.7. The third-order valence-electron chi connectivity index (χ3n) is 3.21. The summed E-state index contributed by atoms with van der Waals surface area (Å²) in [6, 6.07) is 7.24. The van der Waals surface area contributed by atoms with Crippen LogP contribution in [0.4, 0.5) is 0 Å². The highest BCUT2D eigenvalue weighted by molar-refractivity contribution is 5.81. The molecular weight excluding hydrogens is 230 g/mol. The summed E-state index contributed by atoms with van der Waals surface area (Å²) in [5.74, 6) is 0.611. The van der Waals surface area contributed by atoms with E-state index in [1.165, 1.54) is 0 Å². The van der Waals surface area contributed by atoms with Gasteiger partial charge in [0.2, 0.25) is 0 Å². The maximum atomic E-state index is 12.1. The number of likely N-dealkylation sites (tertiary alicyclic amines) is 1. The van der Waals surface area contributed by atoms with Gasteiger partial charge in [-0.1, -0.05) is 18.2 Å². The summed E-state index contributed by atoms with van der Waals surface area (Å²) in [5.41, 5.74) is 0.707. The van der Waals surface area contributed by atoms with Crippen LogP contribution >= 0.6 is 0 Å². The first-order valence-corrected chi connectivity index (χ1v) is 6.36. The number of rotatable bonds is 4. The van der Waals surface area contributed by atoms with Crippen LogP contribution in [0.5, 0.6) is 5.75 Å². The zero-order valence-corrected chi connectivity index (χ0v) is 10.6. The Morgan fingerprint density at radius 2 is 2.06 bits per heavy atom. The van der Waals surface area contributed by atoms with Gasteiger partial charge in [-0.05, 0) is 25.8 Å². The van der Waals surface area contributed by atoms with Crippen molar-refractivity contribution >= 4 is 5.91 Å². The van der Waals surface area contributed by atoms with Crippen molar-refractivity contribution in [3.05, 3.63) is 29.8 Å². The highest BCUT2D eigenvalue weighted by Crippen LogP contribution is 2.20. The summed E-state index contributed by atoms with van der Waals surface area (Å²) in [7, 11) is 0. The van der Waals surface area contributed by atoms with Gasteiger partial charge in [0.15, 0.2) is 6.10 Å². The molecule has 1 atom stereocenters. The lowest BCUT2D eigenvalue weighted by atomic mass is 10.2. The number of hydrogen-bond acceptors (Lipinski definition) is 3. The van der Waals surface area contributed by atoms with Gasteiger partial charge >= 0.3 is 0 Å². The molecule has 0 aromatic heterocycles. The first-order valence-electron chi connectivity index (χ1n) is 6.36. The molecule has 4 nitrogen and oxygen atoms in total. The molecule has 0 spiro atoms. The van der Waals surface area contributed by atoms with E-state index in [9.17, 15) is 9.90 Å². The number of para-hydroxylation sites is 1. The van der Waals surface area contributed by atoms with Crippen molar-refractivity contribution in [1.82, 2.24) is 4.90 Å². The van der Waals surface area contributed by atoms with E-state index >= 15 is 0 Å². The summed E-state index contributed by atoms with van der Waals surface area (Å²) >= 11 is 0. The zero-order chi connectivity index (χ0) is 13.0. The maximum absolute atomic E-state index is 12.1. The Labute approximate surface area is 107 Å². The van der Waals surface area contributed by atoms with Crippen molar-refractivity contribution in [2.24, 2.45) is 0 Å². The van der Waals surface area contributed by atoms with Crippen molar-refractivity contribution in [3.8, 4) is 5.75 Å². The van der Waals surface area contributed by atoms with Gasteiger partial charge in [-0.2, -0.15) is 0 Å². The maximum Gasteiger partial charge on any atom is 0.263 e. The summed E-state index contributed by atoms with van der Waals surface area (Å²) in [5, 5.41) is 9.21. The van der Waals surface area contributed by atoms with Crippen LogP contribution in [0.1, 0.15) is 25.3 Å². The molecule has 1 aliphatic heterocycles. The van der Waals surface area contributed by atoms with E-state index in [2.05, 4.69) is 0 Å². The largest absolute Gasteiger partial charge is 0.481 e. The smallest absolute Gasteiger partial charge is 0.263 e. The summed E-state index contributed by atoms with van der Waals surface area (Å²) in [6.07, 6.45) is 1.65. The molecule has 4 heteroatoms. The minimum Gasteiger partial charge on any atom is -0.481 e. The Morgan fingerprint density at radius 1 is 1.39 bits per heavy atom. The first kappa shape index (κ1) is 12.9. The van der Waals surface area contributed by atoms with Crippen LogP contribution in [-0.2, 0) is 11.4 Å². The monoisotopic (exact) mass is 249 g/mol. The van der Waals surface area contributed by atoms with Crippen LogP contribution in [0.25, 0.3) is 0 Å². The number of ether oxygens (including phenoxy) is 1. The standard InChI is InChI=1S/C14H19NO3/c1-11(14(17)15-8-4-5-9-15)18-13-7-3-2-6-12(13)10-16/h2-3,6-7,11,16H,4-5,8-10H2,1H3. The molecule has 1 unspecified atom stereocenters. The number of aliphatic hydroxyl groups is 1. The molecule has 2 rings (SSSR count). The molecule has 1 aliphatic rings. The highest BCUT2D eigenvalue weighted by atomic mass is 16.5. The number of carbonyl (C=O) groups excluding carboxylic acids is 1. The van der Waals surface area contributed by atoms with Gasteiger partial charge < -0.3 is 14.7 Å². The molecule has 1 aromatic rings. The van der Waals surface area contributed by atoms with Crippen LogP contribution < -0.4 is 4.74 Å². The van der Waals surface area contributed by atoms with E-state index in [-0.39, 0.29) is 12.5 Å². The van der Waals surface area contributed by atoms with Crippen molar-refractivity contribution in [3.63, 3.8) is 0 Å². The van der Waals surface area contributed by atoms with Crippen LogP contribution in [0.15, 0.2) is 24.3 Å². The van der Waals surface area contributed by atoms with Gasteiger partial charge in [0.25, 0.3) is 5.91 Å². The van der Waals surface area contributed by atoms with E-state index in [0.717, 1.165) is 25.9 Å². The van der Waals surface area contributed by atoms with Crippen molar-refractivity contribution in [2.75, 3.05) is 13.1 Å². The molecule has 0 saturated carbocycles. The zero-order valence-electron chi connectivity index (χ0n) is 10.6. The van der Waals surface area contributed by atoms with E-state index in [0.29, 0.717) is 11.3 Å². The number of amides is 1. The molecule has 98 valence electrons. The van der Waals surface area contributed by atoms with Gasteiger partial charge in [-0.15, -0.1) is 0 Å². The summed E-state index contributed by atoms with van der Waals surface area (Å²) < 4.78 is 5.66. The van der Waals surface area contributed by atoms with Gasteiger partial charge in [-0.25, -0.2) is 0 Å². The van der Waals surface area contributed by atoms with Crippen LogP contribution in [0.2, 0.25) is 0 Å². The number of nitrogens with zero attached hydrogens (tertiary/aromatic N) is 1. The number of aliphatic hydroxyl groups excluding tert-OH is 1. The number of hydrogen-bond donors (Lipinski definition) is 1. The fourth-order valence-electron chi connectivity index (χ4n) is 2.18. The first-order chi connectivity index (χ1) is 8.72. The predicted molar refractivity (Wildman–Crippen MR) is 68.3 cm³/mol. The average molecular weight is 249 g/mol. The Hall–Kier alpha value is -1.55. The topological polar surface area (TPSA) is 49.8 Å². The quantitative estimate of drug-likeness (QED) is 0.881. The molecule has 1 heterocycles. The minimum atomic E-state index is -0.504. The molecule has 1 amide bonds. The summed E-state index contributed by atoms with van der Waals surface area (Å²) in [6.45, 7) is 3.33. The van der Waals surface area contributed by atoms with E-state index in [4.69, 9.17) is 4.74 Å². The molecule has 18 heavy (non-hydrogen) atoms. The minimum absolute atomic E-state index is 0.0280. The molecule has 0 bridgehead atoms. The Balaban J connectivity index is 2.01. The molecule has 0 radical (unpaired) electrons. The lowest BCUT2D eigenvalue weighted by molar-refractivity contribution is -0.136. The van der Waals surface area contributed by atoms with Crippen LogP contribution in [-0.4, -0.2) is 35.1 Å². The van der Waals surface area contributed by atoms with E-state index in [1.807, 2.05) is 17.0 Å². The van der Waals surface area contributed by atoms with Gasteiger partial charge in [-0.3, -0.25) is 4.79 Å². The van der Waals surface area contributed by atoms with Gasteiger partial charge in [0, 0.05) is 18.7 Å². The molecule has 1 aromatic carbocycles. The second-order valence-electron chi connectivity index (χ2n) is 4.56. The lowest BCUT2D eigenvalue weighted by Crippen LogP contribution is -2.38. The third-order valence-corrected chi connectivity index (χ3v) is 3.21. The second-order valence-corrected chi connectivity index (χ2v) is 4.56. The molecule has 1 saturated heterocycles. The Kier molecular flexibility index (Phi) is 4.20. The van der Waals surface area contributed by atoms with Gasteiger partial charge in [0.05, 0.1) is 6.61 Å². The van der Waals surface area contributed by atoms with E-state index in [1.54, 1.807) is 19.1 Å². The SMILES string of the molecule is CC(Oc1ccccc1CO)C(=O)N1CCCC1. The third kappa shape index (κ3) is 2.82. The fourth-order valence-corrected chi connectivity index (χ4v) is 2.18. The van der Waals surface area contributed by atoms with Crippen LogP contribution in [0, 0.1) is 0 Å². The lowest BCUT2D eigenvalue weighted by Gasteiger charge is -2.22. The van der Waals surface area contributed by atoms with Gasteiger partial charge in [0.1, 0.15) is 5.75 Å². The highest BCUT2D eigenvalue weighted by Gasteiger charge is 2.24. The molecule has 1 fully saturated rings. The molecule has 0 aliphatic carbocycles. The number of benzene rings is 1. The summed E-state index contributed by atoms with van der Waals surface area (Å²) in [4.78, 5) is 13.9.